The Labute approximate surface area is 126 Å². The average molecular weight is 292 g/mol. The van der Waals surface area contributed by atoms with E-state index in [1.807, 2.05) is 13.0 Å². The summed E-state index contributed by atoms with van der Waals surface area (Å²) in [5, 5.41) is 3.00. The van der Waals surface area contributed by atoms with Gasteiger partial charge in [-0.25, -0.2) is 4.98 Å². The van der Waals surface area contributed by atoms with Gasteiger partial charge in [0.2, 0.25) is 5.88 Å². The van der Waals surface area contributed by atoms with E-state index in [0.717, 1.165) is 37.1 Å². The Morgan fingerprint density at radius 1 is 1.29 bits per heavy atom. The minimum Gasteiger partial charge on any atom is -0.495 e. The molecule has 5 nitrogen and oxygen atoms in total. The fourth-order valence-corrected chi connectivity index (χ4v) is 2.07. The number of unbranched alkanes of at least 4 members (excludes halogenated alkanes) is 2. The van der Waals surface area contributed by atoms with Crippen LogP contribution in [0.1, 0.15) is 50.8 Å². The van der Waals surface area contributed by atoms with Crippen LogP contribution in [0.5, 0.6) is 11.6 Å². The molecule has 0 aliphatic heterocycles. The number of pyridine rings is 1. The van der Waals surface area contributed by atoms with Crippen LogP contribution in [0.25, 0.3) is 6.08 Å². The average Bonchev–Trinajstić information content (AvgIpc) is 2.52. The predicted molar refractivity (Wildman–Crippen MR) is 84.6 cm³/mol. The summed E-state index contributed by atoms with van der Waals surface area (Å²) in [7, 11) is 3.20. The van der Waals surface area contributed by atoms with Crippen molar-refractivity contribution in [1.29, 1.82) is 0 Å². The number of nitrogens with zero attached hydrogens (tertiary/aromatic N) is 2. The van der Waals surface area contributed by atoms with Gasteiger partial charge < -0.3 is 9.47 Å². The summed E-state index contributed by atoms with van der Waals surface area (Å²) in [6, 6.07) is 1.86. The molecule has 5 heteroatoms. The van der Waals surface area contributed by atoms with Gasteiger partial charge in [-0.1, -0.05) is 26.7 Å². The number of aromatic nitrogens is 1. The first-order valence-electron chi connectivity index (χ1n) is 7.35. The highest BCUT2D eigenvalue weighted by Crippen LogP contribution is 2.28. The second-order valence-electron chi connectivity index (χ2n) is 4.77. The van der Waals surface area contributed by atoms with Crippen LogP contribution < -0.4 is 9.47 Å². The molecule has 1 heterocycles. The zero-order valence-electron chi connectivity index (χ0n) is 13.3. The molecule has 21 heavy (non-hydrogen) atoms. The minimum absolute atomic E-state index is 0.455. The zero-order valence-corrected chi connectivity index (χ0v) is 13.3. The molecule has 0 atom stereocenters. The second-order valence-corrected chi connectivity index (χ2v) is 4.77. The Balaban J connectivity index is 3.16. The number of ether oxygens (including phenoxy) is 2. The lowest BCUT2D eigenvalue weighted by molar-refractivity contribution is 0.380. The lowest BCUT2D eigenvalue weighted by atomic mass is 10.1. The van der Waals surface area contributed by atoms with E-state index in [9.17, 15) is 4.91 Å². The first kappa shape index (κ1) is 17.1. The van der Waals surface area contributed by atoms with Crippen LogP contribution in [0.2, 0.25) is 0 Å². The summed E-state index contributed by atoms with van der Waals surface area (Å²) < 4.78 is 10.7. The SMILES string of the molecule is CCCCCc1nc(OC)c(/C=C(\CC)N=O)cc1OC. The summed E-state index contributed by atoms with van der Waals surface area (Å²) in [5.74, 6) is 1.22. The van der Waals surface area contributed by atoms with Gasteiger partial charge in [0.25, 0.3) is 0 Å². The van der Waals surface area contributed by atoms with Crippen LogP contribution in [0, 0.1) is 4.91 Å². The summed E-state index contributed by atoms with van der Waals surface area (Å²) in [6.07, 6.45) is 6.48. The van der Waals surface area contributed by atoms with Crippen molar-refractivity contribution >= 4 is 6.08 Å². The van der Waals surface area contributed by atoms with Crippen LogP contribution in [0.15, 0.2) is 16.9 Å². The van der Waals surface area contributed by atoms with Crippen molar-refractivity contribution in [3.63, 3.8) is 0 Å². The minimum atomic E-state index is 0.455. The molecule has 1 aromatic heterocycles. The summed E-state index contributed by atoms with van der Waals surface area (Å²) in [6.45, 7) is 4.04. The third-order valence-corrected chi connectivity index (χ3v) is 3.29. The molecular weight excluding hydrogens is 268 g/mol. The Morgan fingerprint density at radius 3 is 2.57 bits per heavy atom. The zero-order chi connectivity index (χ0) is 15.7. The van der Waals surface area contributed by atoms with Gasteiger partial charge in [0.05, 0.1) is 25.6 Å². The van der Waals surface area contributed by atoms with Crippen LogP contribution >= 0.6 is 0 Å². The third-order valence-electron chi connectivity index (χ3n) is 3.29. The quantitative estimate of drug-likeness (QED) is 0.501. The summed E-state index contributed by atoms with van der Waals surface area (Å²) in [5.41, 5.74) is 2.05. The number of nitroso groups, excluding NO2 is 1. The van der Waals surface area contributed by atoms with Crippen LogP contribution in [0.3, 0.4) is 0 Å². The third kappa shape index (κ3) is 4.85. The first-order valence-corrected chi connectivity index (χ1v) is 7.35. The molecule has 0 saturated carbocycles. The highest BCUT2D eigenvalue weighted by Gasteiger charge is 2.12. The van der Waals surface area contributed by atoms with Crippen LogP contribution in [0.4, 0.5) is 0 Å². The maximum absolute atomic E-state index is 10.7. The van der Waals surface area contributed by atoms with Gasteiger partial charge in [-0.2, -0.15) is 0 Å². The van der Waals surface area contributed by atoms with Crippen molar-refractivity contribution in [2.24, 2.45) is 5.18 Å². The van der Waals surface area contributed by atoms with Crippen LogP contribution in [-0.2, 0) is 6.42 Å². The van der Waals surface area contributed by atoms with Crippen molar-refractivity contribution < 1.29 is 9.47 Å². The predicted octanol–water partition coefficient (Wildman–Crippen LogP) is 4.35. The topological polar surface area (TPSA) is 60.8 Å². The van der Waals surface area contributed by atoms with Crippen molar-refractivity contribution in [3.05, 3.63) is 27.9 Å². The normalized spacial score (nSPS) is 11.3. The Morgan fingerprint density at radius 2 is 2.05 bits per heavy atom. The molecule has 0 bridgehead atoms. The molecule has 0 spiro atoms. The van der Waals surface area contributed by atoms with E-state index in [1.54, 1.807) is 20.3 Å². The molecule has 0 aliphatic carbocycles. The molecule has 1 rings (SSSR count). The molecule has 0 N–H and O–H groups in total. The van der Waals surface area contributed by atoms with Gasteiger partial charge in [-0.15, -0.1) is 4.91 Å². The van der Waals surface area contributed by atoms with Gasteiger partial charge in [-0.05, 0) is 36.6 Å². The molecule has 0 saturated heterocycles. The van der Waals surface area contributed by atoms with Gasteiger partial charge in [0.1, 0.15) is 5.75 Å². The molecule has 0 aromatic carbocycles. The molecular formula is C16H24N2O3. The molecule has 0 unspecified atom stereocenters. The fourth-order valence-electron chi connectivity index (χ4n) is 2.07. The first-order chi connectivity index (χ1) is 10.2. The lowest BCUT2D eigenvalue weighted by Crippen LogP contribution is -2.01. The van der Waals surface area contributed by atoms with E-state index in [-0.39, 0.29) is 0 Å². The highest BCUT2D eigenvalue weighted by atomic mass is 16.5. The van der Waals surface area contributed by atoms with E-state index in [2.05, 4.69) is 17.1 Å². The van der Waals surface area contributed by atoms with E-state index in [4.69, 9.17) is 9.47 Å². The molecule has 0 amide bonds. The lowest BCUT2D eigenvalue weighted by Gasteiger charge is -2.12. The maximum atomic E-state index is 10.7. The summed E-state index contributed by atoms with van der Waals surface area (Å²) in [4.78, 5) is 15.2. The largest absolute Gasteiger partial charge is 0.495 e. The summed E-state index contributed by atoms with van der Waals surface area (Å²) >= 11 is 0. The molecule has 1 aromatic rings. The van der Waals surface area contributed by atoms with Gasteiger partial charge in [0, 0.05) is 5.56 Å². The van der Waals surface area contributed by atoms with E-state index in [1.165, 1.54) is 0 Å². The fraction of sp³-hybridized carbons (Fsp3) is 0.562. The number of allylic oxidation sites excluding steroid dienone is 1. The van der Waals surface area contributed by atoms with Gasteiger partial charge >= 0.3 is 0 Å². The van der Waals surface area contributed by atoms with Crippen molar-refractivity contribution in [3.8, 4) is 11.6 Å². The van der Waals surface area contributed by atoms with E-state index >= 15 is 0 Å². The number of methoxy groups -OCH3 is 2. The number of hydrogen-bond acceptors (Lipinski definition) is 5. The Bertz CT molecular complexity index is 499. The standard InChI is InChI=1S/C16H24N2O3/c1-5-7-8-9-14-15(20-3)11-12(16(17-14)21-4)10-13(6-2)18-19/h10-11H,5-9H2,1-4H3/b13-10+. The van der Waals surface area contributed by atoms with E-state index in [0.29, 0.717) is 23.6 Å². The smallest absolute Gasteiger partial charge is 0.221 e. The van der Waals surface area contributed by atoms with Crippen molar-refractivity contribution in [2.45, 2.75) is 46.0 Å². The number of aryl methyl sites for hydroxylation is 1. The maximum Gasteiger partial charge on any atom is 0.221 e. The Hall–Kier alpha value is -1.91. The van der Waals surface area contributed by atoms with Gasteiger partial charge in [0.15, 0.2) is 0 Å². The van der Waals surface area contributed by atoms with Crippen molar-refractivity contribution in [2.75, 3.05) is 14.2 Å². The number of rotatable bonds is 9. The highest BCUT2D eigenvalue weighted by molar-refractivity contribution is 5.60. The van der Waals surface area contributed by atoms with Crippen LogP contribution in [-0.4, -0.2) is 19.2 Å². The van der Waals surface area contributed by atoms with Gasteiger partial charge in [-0.3, -0.25) is 0 Å². The molecule has 0 radical (unpaired) electrons. The van der Waals surface area contributed by atoms with Crippen molar-refractivity contribution in [1.82, 2.24) is 4.98 Å². The van der Waals surface area contributed by atoms with E-state index < -0.39 is 0 Å². The Kier molecular flexibility index (Phi) is 7.43. The second kappa shape index (κ2) is 9.10. The molecule has 116 valence electrons. The number of hydrogen-bond donors (Lipinski definition) is 0. The monoisotopic (exact) mass is 292 g/mol. The molecule has 0 aliphatic rings. The molecule has 0 fully saturated rings.